The number of aryl methyl sites for hydroxylation is 2. The number of benzene rings is 2. The molecule has 2 aromatic carbocycles. The molecular formula is C19H21BrN2O2. The second-order valence-electron chi connectivity index (χ2n) is 5.71. The zero-order valence-corrected chi connectivity index (χ0v) is 15.7. The van der Waals surface area contributed by atoms with Crippen molar-refractivity contribution in [2.24, 2.45) is 0 Å². The lowest BCUT2D eigenvalue weighted by Crippen LogP contribution is -2.32. The number of nitrogens with one attached hydrogen (secondary N) is 1. The lowest BCUT2D eigenvalue weighted by atomic mass is 10.1. The summed E-state index contributed by atoms with van der Waals surface area (Å²) >= 11 is 3.40. The molecule has 126 valence electrons. The molecule has 0 heterocycles. The first-order valence-electron chi connectivity index (χ1n) is 7.78. The topological polar surface area (TPSA) is 49.4 Å². The van der Waals surface area contributed by atoms with Crippen LogP contribution in [-0.4, -0.2) is 18.4 Å². The van der Waals surface area contributed by atoms with Gasteiger partial charge in [-0.2, -0.15) is 0 Å². The summed E-state index contributed by atoms with van der Waals surface area (Å²) < 4.78 is 0.973. The number of carbonyl (C=O) groups is 2. The van der Waals surface area contributed by atoms with Crippen LogP contribution in [0.2, 0.25) is 0 Å². The van der Waals surface area contributed by atoms with E-state index in [2.05, 4.69) is 21.2 Å². The zero-order chi connectivity index (χ0) is 17.7. The molecule has 4 nitrogen and oxygen atoms in total. The van der Waals surface area contributed by atoms with Crippen LogP contribution in [0.25, 0.3) is 0 Å². The fourth-order valence-corrected chi connectivity index (χ4v) is 2.98. The van der Waals surface area contributed by atoms with E-state index in [1.807, 2.05) is 56.3 Å². The minimum absolute atomic E-state index is 0.0723. The normalized spacial score (nSPS) is 10.3. The molecule has 2 amide bonds. The summed E-state index contributed by atoms with van der Waals surface area (Å²) in [5, 5.41) is 2.90. The Morgan fingerprint density at radius 1 is 1.08 bits per heavy atom. The molecule has 0 saturated carbocycles. The molecule has 0 radical (unpaired) electrons. The summed E-state index contributed by atoms with van der Waals surface area (Å²) in [6.07, 6.45) is 0.240. The van der Waals surface area contributed by atoms with Crippen molar-refractivity contribution < 1.29 is 9.59 Å². The first-order chi connectivity index (χ1) is 11.4. The number of halogens is 1. The van der Waals surface area contributed by atoms with Crippen LogP contribution < -0.4 is 10.2 Å². The van der Waals surface area contributed by atoms with Gasteiger partial charge in [-0.25, -0.2) is 0 Å². The van der Waals surface area contributed by atoms with Crippen molar-refractivity contribution in [2.75, 3.05) is 16.8 Å². The number of rotatable bonds is 5. The van der Waals surface area contributed by atoms with E-state index in [1.54, 1.807) is 4.90 Å². The smallest absolute Gasteiger partial charge is 0.226 e. The maximum atomic E-state index is 12.2. The van der Waals surface area contributed by atoms with Gasteiger partial charge >= 0.3 is 0 Å². The number of para-hydroxylation sites is 1. The Morgan fingerprint density at radius 2 is 1.79 bits per heavy atom. The lowest BCUT2D eigenvalue weighted by Gasteiger charge is -2.23. The summed E-state index contributed by atoms with van der Waals surface area (Å²) in [6, 6.07) is 13.4. The van der Waals surface area contributed by atoms with Crippen molar-refractivity contribution in [3.63, 3.8) is 0 Å². The maximum Gasteiger partial charge on any atom is 0.226 e. The monoisotopic (exact) mass is 388 g/mol. The number of carbonyl (C=O) groups excluding carboxylic acids is 2. The molecule has 5 heteroatoms. The molecule has 1 N–H and O–H groups in total. The molecule has 0 spiro atoms. The second-order valence-corrected chi connectivity index (χ2v) is 6.63. The van der Waals surface area contributed by atoms with Crippen molar-refractivity contribution in [2.45, 2.75) is 27.2 Å². The summed E-state index contributed by atoms with van der Waals surface area (Å²) in [5.74, 6) is -0.183. The van der Waals surface area contributed by atoms with Gasteiger partial charge in [-0.15, -0.1) is 0 Å². The van der Waals surface area contributed by atoms with Gasteiger partial charge in [0.25, 0.3) is 0 Å². The third-order valence-corrected chi connectivity index (χ3v) is 4.30. The predicted octanol–water partition coefficient (Wildman–Crippen LogP) is 4.45. The van der Waals surface area contributed by atoms with Crippen LogP contribution in [0.4, 0.5) is 11.4 Å². The number of hydrogen-bond donors (Lipinski definition) is 1. The van der Waals surface area contributed by atoms with E-state index in [9.17, 15) is 9.59 Å². The average molecular weight is 389 g/mol. The van der Waals surface area contributed by atoms with E-state index in [0.717, 1.165) is 27.0 Å². The van der Waals surface area contributed by atoms with Crippen molar-refractivity contribution in [1.82, 2.24) is 0 Å². The molecule has 0 aromatic heterocycles. The highest BCUT2D eigenvalue weighted by Crippen LogP contribution is 2.21. The average Bonchev–Trinajstić information content (AvgIpc) is 2.51. The summed E-state index contributed by atoms with van der Waals surface area (Å²) in [4.78, 5) is 25.8. The Kier molecular flexibility index (Phi) is 6.15. The van der Waals surface area contributed by atoms with Crippen LogP contribution in [0, 0.1) is 13.8 Å². The molecule has 0 aliphatic carbocycles. The predicted molar refractivity (Wildman–Crippen MR) is 101 cm³/mol. The van der Waals surface area contributed by atoms with Gasteiger partial charge in [0, 0.05) is 35.7 Å². The van der Waals surface area contributed by atoms with Gasteiger partial charge < -0.3 is 10.2 Å². The molecule has 0 atom stereocenters. The molecule has 0 saturated heterocycles. The van der Waals surface area contributed by atoms with Gasteiger partial charge in [-0.1, -0.05) is 34.1 Å². The Bertz CT molecular complexity index is 759. The first-order valence-corrected chi connectivity index (χ1v) is 8.57. The third kappa shape index (κ3) is 4.68. The number of anilines is 2. The summed E-state index contributed by atoms with van der Waals surface area (Å²) in [7, 11) is 0. The fraction of sp³-hybridized carbons (Fsp3) is 0.263. The van der Waals surface area contributed by atoms with E-state index in [4.69, 9.17) is 0 Å². The molecule has 0 fully saturated rings. The Labute approximate surface area is 151 Å². The van der Waals surface area contributed by atoms with Gasteiger partial charge in [-0.3, -0.25) is 9.59 Å². The highest BCUT2D eigenvalue weighted by Gasteiger charge is 2.15. The Morgan fingerprint density at radius 3 is 2.42 bits per heavy atom. The molecule has 2 rings (SSSR count). The standard InChI is InChI=1S/C19H21BrN2O2/c1-13-6-4-5-7-18(13)22(15(3)23)11-10-19(24)21-17-9-8-16(20)12-14(17)2/h4-9,12H,10-11H2,1-3H3,(H,21,24). The SMILES string of the molecule is CC(=O)N(CCC(=O)Nc1ccc(Br)cc1C)c1ccccc1C. The van der Waals surface area contributed by atoms with E-state index in [0.29, 0.717) is 6.54 Å². The number of hydrogen-bond acceptors (Lipinski definition) is 2. The van der Waals surface area contributed by atoms with E-state index >= 15 is 0 Å². The highest BCUT2D eigenvalue weighted by atomic mass is 79.9. The van der Waals surface area contributed by atoms with Gasteiger partial charge in [0.1, 0.15) is 0 Å². The summed E-state index contributed by atoms with van der Waals surface area (Å²) in [6.45, 7) is 5.76. The Balaban J connectivity index is 2.03. The van der Waals surface area contributed by atoms with Crippen LogP contribution >= 0.6 is 15.9 Å². The van der Waals surface area contributed by atoms with Crippen LogP contribution in [0.3, 0.4) is 0 Å². The van der Waals surface area contributed by atoms with Crippen LogP contribution in [0.1, 0.15) is 24.5 Å². The number of amides is 2. The maximum absolute atomic E-state index is 12.2. The molecule has 0 bridgehead atoms. The lowest BCUT2D eigenvalue weighted by molar-refractivity contribution is -0.117. The fourth-order valence-electron chi connectivity index (χ4n) is 2.51. The largest absolute Gasteiger partial charge is 0.326 e. The quantitative estimate of drug-likeness (QED) is 0.822. The minimum Gasteiger partial charge on any atom is -0.326 e. The molecule has 0 aliphatic heterocycles. The van der Waals surface area contributed by atoms with Crippen LogP contribution in [0.5, 0.6) is 0 Å². The Hall–Kier alpha value is -2.14. The highest BCUT2D eigenvalue weighted by molar-refractivity contribution is 9.10. The zero-order valence-electron chi connectivity index (χ0n) is 14.1. The number of nitrogens with zero attached hydrogens (tertiary/aromatic N) is 1. The molecular weight excluding hydrogens is 368 g/mol. The molecule has 24 heavy (non-hydrogen) atoms. The minimum atomic E-state index is -0.111. The van der Waals surface area contributed by atoms with E-state index < -0.39 is 0 Å². The van der Waals surface area contributed by atoms with E-state index in [-0.39, 0.29) is 18.2 Å². The van der Waals surface area contributed by atoms with Crippen LogP contribution in [0.15, 0.2) is 46.9 Å². The van der Waals surface area contributed by atoms with Crippen molar-refractivity contribution in [1.29, 1.82) is 0 Å². The van der Waals surface area contributed by atoms with Gasteiger partial charge in [0.2, 0.25) is 11.8 Å². The van der Waals surface area contributed by atoms with Gasteiger partial charge in [0.15, 0.2) is 0 Å². The first kappa shape index (κ1) is 18.2. The van der Waals surface area contributed by atoms with Gasteiger partial charge in [0.05, 0.1) is 0 Å². The van der Waals surface area contributed by atoms with Gasteiger partial charge in [-0.05, 0) is 49.2 Å². The molecule has 0 unspecified atom stereocenters. The second kappa shape index (κ2) is 8.11. The van der Waals surface area contributed by atoms with Crippen molar-refractivity contribution in [3.05, 3.63) is 58.1 Å². The van der Waals surface area contributed by atoms with Crippen LogP contribution in [-0.2, 0) is 9.59 Å². The van der Waals surface area contributed by atoms with Crippen molar-refractivity contribution >= 4 is 39.1 Å². The van der Waals surface area contributed by atoms with Crippen molar-refractivity contribution in [3.8, 4) is 0 Å². The molecule has 0 aliphatic rings. The molecule has 2 aromatic rings. The third-order valence-electron chi connectivity index (χ3n) is 3.81. The van der Waals surface area contributed by atoms with E-state index in [1.165, 1.54) is 6.92 Å². The summed E-state index contributed by atoms with van der Waals surface area (Å²) in [5.41, 5.74) is 3.63.